The normalized spacial score (nSPS) is 14.0. The van der Waals surface area contributed by atoms with Gasteiger partial charge in [0.2, 0.25) is 0 Å². The molecular formula is C25H31ClN6O3. The average Bonchev–Trinajstić information content (AvgIpc) is 3.50. The summed E-state index contributed by atoms with van der Waals surface area (Å²) in [6.07, 6.45) is 0.557. The molecule has 9 nitrogen and oxygen atoms in total. The molecule has 4 aromatic rings. The van der Waals surface area contributed by atoms with Crippen molar-refractivity contribution < 1.29 is 13.9 Å². The Bertz CT molecular complexity index is 1220. The highest BCUT2D eigenvalue weighted by atomic mass is 35.5. The number of nitrogens with zero attached hydrogens (tertiary/aromatic N) is 5. The van der Waals surface area contributed by atoms with E-state index in [1.807, 2.05) is 24.3 Å². The fourth-order valence-electron chi connectivity index (χ4n) is 4.13. The second-order valence-corrected chi connectivity index (χ2v) is 8.54. The molecule has 0 atom stereocenters. The van der Waals surface area contributed by atoms with Gasteiger partial charge in [0.05, 0.1) is 32.1 Å². The number of hydrogen-bond acceptors (Lipinski definition) is 8. The lowest BCUT2D eigenvalue weighted by Crippen LogP contribution is -2.37. The van der Waals surface area contributed by atoms with Crippen molar-refractivity contribution in [3.8, 4) is 11.3 Å². The summed E-state index contributed by atoms with van der Waals surface area (Å²) in [6.45, 7) is 5.08. The first kappa shape index (κ1) is 25.1. The molecule has 5 rings (SSSR count). The molecule has 0 aliphatic carbocycles. The SMILES string of the molecule is COCCN(C)Cc1cc2nc(Cc3cc(-c4ccccc4)n[nH]3)nc(N3CCOCC3)c2o1.Cl. The predicted molar refractivity (Wildman–Crippen MR) is 137 cm³/mol. The molecule has 0 bridgehead atoms. The van der Waals surface area contributed by atoms with E-state index >= 15 is 0 Å². The maximum atomic E-state index is 6.26. The zero-order chi connectivity index (χ0) is 23.3. The number of aromatic amines is 1. The maximum absolute atomic E-state index is 6.26. The Kier molecular flexibility index (Phi) is 8.35. The molecule has 1 N–H and O–H groups in total. The van der Waals surface area contributed by atoms with Crippen LogP contribution in [0.4, 0.5) is 5.82 Å². The molecule has 0 unspecified atom stereocenters. The number of morpholine rings is 1. The Morgan fingerprint density at radius 2 is 1.91 bits per heavy atom. The summed E-state index contributed by atoms with van der Waals surface area (Å²) in [4.78, 5) is 14.2. The summed E-state index contributed by atoms with van der Waals surface area (Å²) in [7, 11) is 3.76. The van der Waals surface area contributed by atoms with Crippen LogP contribution in [0, 0.1) is 0 Å². The quantitative estimate of drug-likeness (QED) is 0.374. The number of fused-ring (bicyclic) bond motifs is 1. The van der Waals surface area contributed by atoms with Gasteiger partial charge >= 0.3 is 0 Å². The maximum Gasteiger partial charge on any atom is 0.195 e. The van der Waals surface area contributed by atoms with E-state index in [2.05, 4.69) is 45.2 Å². The van der Waals surface area contributed by atoms with Crippen LogP contribution in [0.1, 0.15) is 17.3 Å². The third kappa shape index (κ3) is 5.99. The van der Waals surface area contributed by atoms with Gasteiger partial charge in [0.25, 0.3) is 0 Å². The fourth-order valence-corrected chi connectivity index (χ4v) is 4.13. The van der Waals surface area contributed by atoms with Crippen LogP contribution >= 0.6 is 12.4 Å². The molecule has 186 valence electrons. The molecule has 4 heterocycles. The van der Waals surface area contributed by atoms with Crippen molar-refractivity contribution >= 4 is 29.3 Å². The van der Waals surface area contributed by atoms with E-state index in [1.54, 1.807) is 7.11 Å². The Morgan fingerprint density at radius 1 is 1.11 bits per heavy atom. The number of anilines is 1. The number of methoxy groups -OCH3 is 1. The zero-order valence-corrected chi connectivity index (χ0v) is 20.9. The van der Waals surface area contributed by atoms with Crippen molar-refractivity contribution in [1.82, 2.24) is 25.1 Å². The molecule has 0 spiro atoms. The van der Waals surface area contributed by atoms with Gasteiger partial charge in [-0.25, -0.2) is 9.97 Å². The number of halogens is 1. The number of benzene rings is 1. The number of furan rings is 1. The molecule has 1 aliphatic heterocycles. The number of ether oxygens (including phenoxy) is 2. The van der Waals surface area contributed by atoms with Crippen molar-refractivity contribution in [1.29, 1.82) is 0 Å². The summed E-state index contributed by atoms with van der Waals surface area (Å²) in [5, 5.41) is 7.62. The van der Waals surface area contributed by atoms with Gasteiger partial charge in [0.15, 0.2) is 11.4 Å². The first-order chi connectivity index (χ1) is 16.7. The minimum atomic E-state index is 0. The van der Waals surface area contributed by atoms with E-state index in [4.69, 9.17) is 23.9 Å². The first-order valence-corrected chi connectivity index (χ1v) is 11.6. The lowest BCUT2D eigenvalue weighted by atomic mass is 10.1. The molecule has 1 fully saturated rings. The fraction of sp³-hybridized carbons (Fsp3) is 0.400. The van der Waals surface area contributed by atoms with Crippen LogP contribution in [0.2, 0.25) is 0 Å². The number of hydrogen-bond donors (Lipinski definition) is 1. The van der Waals surface area contributed by atoms with Crippen LogP contribution in [-0.2, 0) is 22.4 Å². The highest BCUT2D eigenvalue weighted by molar-refractivity contribution is 5.85. The monoisotopic (exact) mass is 498 g/mol. The highest BCUT2D eigenvalue weighted by Gasteiger charge is 2.21. The number of aromatic nitrogens is 4. The minimum Gasteiger partial charge on any atom is -0.454 e. The van der Waals surface area contributed by atoms with E-state index in [0.717, 1.165) is 65.1 Å². The molecule has 1 aliphatic rings. The van der Waals surface area contributed by atoms with Crippen molar-refractivity contribution in [3.63, 3.8) is 0 Å². The van der Waals surface area contributed by atoms with Crippen molar-refractivity contribution in [3.05, 3.63) is 59.7 Å². The summed E-state index contributed by atoms with van der Waals surface area (Å²) >= 11 is 0. The molecule has 35 heavy (non-hydrogen) atoms. The molecule has 1 aromatic carbocycles. The summed E-state index contributed by atoms with van der Waals surface area (Å²) in [6, 6.07) is 14.2. The summed E-state index contributed by atoms with van der Waals surface area (Å²) < 4.78 is 17.0. The Morgan fingerprint density at radius 3 is 2.69 bits per heavy atom. The van der Waals surface area contributed by atoms with E-state index in [9.17, 15) is 0 Å². The molecule has 0 radical (unpaired) electrons. The number of H-pyrrole nitrogens is 1. The molecule has 0 amide bonds. The van der Waals surface area contributed by atoms with Crippen LogP contribution in [0.25, 0.3) is 22.4 Å². The lowest BCUT2D eigenvalue weighted by Gasteiger charge is -2.27. The number of nitrogens with one attached hydrogen (secondary N) is 1. The smallest absolute Gasteiger partial charge is 0.195 e. The van der Waals surface area contributed by atoms with Gasteiger partial charge < -0.3 is 18.8 Å². The molecule has 0 saturated carbocycles. The van der Waals surface area contributed by atoms with Crippen LogP contribution < -0.4 is 4.90 Å². The second kappa shape index (κ2) is 11.6. The van der Waals surface area contributed by atoms with Gasteiger partial charge in [-0.15, -0.1) is 12.4 Å². The average molecular weight is 499 g/mol. The standard InChI is InChI=1S/C25H30N6O3.ClH/c1-30(8-11-32-2)17-20-16-22-24(34-20)25(31-9-12-33-13-10-31)27-23(26-22)15-19-14-21(29-28-19)18-6-4-3-5-7-18;/h3-7,14,16H,8-13,15,17H2,1-2H3,(H,28,29);1H. The Labute approximate surface area is 210 Å². The zero-order valence-electron chi connectivity index (χ0n) is 20.1. The van der Waals surface area contributed by atoms with Gasteiger partial charge in [0, 0.05) is 50.5 Å². The van der Waals surface area contributed by atoms with Crippen LogP contribution in [0.3, 0.4) is 0 Å². The third-order valence-corrected chi connectivity index (χ3v) is 5.91. The Balaban J connectivity index is 0.00000289. The number of rotatable bonds is 9. The third-order valence-electron chi connectivity index (χ3n) is 5.91. The van der Waals surface area contributed by atoms with Crippen LogP contribution in [-0.4, -0.2) is 78.7 Å². The second-order valence-electron chi connectivity index (χ2n) is 8.54. The molecule has 10 heteroatoms. The highest BCUT2D eigenvalue weighted by Crippen LogP contribution is 2.29. The van der Waals surface area contributed by atoms with Crippen molar-refractivity contribution in [2.24, 2.45) is 0 Å². The van der Waals surface area contributed by atoms with Crippen LogP contribution in [0.15, 0.2) is 46.9 Å². The van der Waals surface area contributed by atoms with Crippen molar-refractivity contribution in [2.45, 2.75) is 13.0 Å². The van der Waals surface area contributed by atoms with Gasteiger partial charge in [-0.3, -0.25) is 10.00 Å². The van der Waals surface area contributed by atoms with Gasteiger partial charge in [-0.05, 0) is 13.1 Å². The predicted octanol–water partition coefficient (Wildman–Crippen LogP) is 3.54. The Hall–Kier alpha value is -2.98. The van der Waals surface area contributed by atoms with E-state index in [1.165, 1.54) is 0 Å². The van der Waals surface area contributed by atoms with Gasteiger partial charge in [0.1, 0.15) is 17.1 Å². The van der Waals surface area contributed by atoms with E-state index in [-0.39, 0.29) is 12.4 Å². The first-order valence-electron chi connectivity index (χ1n) is 11.6. The lowest BCUT2D eigenvalue weighted by molar-refractivity contribution is 0.122. The van der Waals surface area contributed by atoms with Crippen LogP contribution in [0.5, 0.6) is 0 Å². The summed E-state index contributed by atoms with van der Waals surface area (Å²) in [5.74, 6) is 2.43. The number of likely N-dealkylation sites (N-methyl/N-ethyl adjacent to an activating group) is 1. The molecular weight excluding hydrogens is 468 g/mol. The van der Waals surface area contributed by atoms with E-state index < -0.39 is 0 Å². The molecule has 3 aromatic heterocycles. The molecule has 1 saturated heterocycles. The topological polar surface area (TPSA) is 92.5 Å². The minimum absolute atomic E-state index is 0. The van der Waals surface area contributed by atoms with Gasteiger partial charge in [-0.2, -0.15) is 5.10 Å². The van der Waals surface area contributed by atoms with Crippen molar-refractivity contribution in [2.75, 3.05) is 58.5 Å². The largest absolute Gasteiger partial charge is 0.454 e. The van der Waals surface area contributed by atoms with Gasteiger partial charge in [-0.1, -0.05) is 30.3 Å². The summed E-state index contributed by atoms with van der Waals surface area (Å²) in [5.41, 5.74) is 4.51. The van der Waals surface area contributed by atoms with E-state index in [0.29, 0.717) is 32.8 Å².